The summed E-state index contributed by atoms with van der Waals surface area (Å²) in [6.45, 7) is 2.40. The maximum absolute atomic E-state index is 13.3. The zero-order chi connectivity index (χ0) is 16.4. The van der Waals surface area contributed by atoms with Gasteiger partial charge in [0.25, 0.3) is 0 Å². The summed E-state index contributed by atoms with van der Waals surface area (Å²) in [5.74, 6) is -1.94. The number of hydrogen-bond acceptors (Lipinski definition) is 2. The Labute approximate surface area is 133 Å². The van der Waals surface area contributed by atoms with Crippen molar-refractivity contribution >= 4 is 5.91 Å². The molecule has 0 fully saturated rings. The van der Waals surface area contributed by atoms with Crippen molar-refractivity contribution in [2.24, 2.45) is 0 Å². The molecule has 0 aliphatic carbocycles. The standard InChI is InChI=1S/C18H18F2N2O/c1-11(12-6-7-15(19)16(20)8-12)22-18(23)17-9-13-4-2-3-5-14(13)10-21-17/h2-8,11,17,21H,9-10H2,1H3,(H,22,23). The quantitative estimate of drug-likeness (QED) is 0.914. The monoisotopic (exact) mass is 316 g/mol. The molecule has 120 valence electrons. The van der Waals surface area contributed by atoms with Crippen LogP contribution in [0.25, 0.3) is 0 Å². The predicted octanol–water partition coefficient (Wildman–Crippen LogP) is 2.86. The fourth-order valence-corrected chi connectivity index (χ4v) is 2.82. The molecule has 1 heterocycles. The molecule has 2 aromatic carbocycles. The highest BCUT2D eigenvalue weighted by Crippen LogP contribution is 2.19. The van der Waals surface area contributed by atoms with Crippen LogP contribution in [0.1, 0.15) is 29.7 Å². The summed E-state index contributed by atoms with van der Waals surface area (Å²) in [4.78, 5) is 12.4. The topological polar surface area (TPSA) is 41.1 Å². The number of amides is 1. The summed E-state index contributed by atoms with van der Waals surface area (Å²) in [5, 5.41) is 6.06. The van der Waals surface area contributed by atoms with Crippen molar-refractivity contribution in [2.75, 3.05) is 0 Å². The second kappa shape index (κ2) is 6.46. The van der Waals surface area contributed by atoms with E-state index in [1.165, 1.54) is 11.6 Å². The average molecular weight is 316 g/mol. The Kier molecular flexibility index (Phi) is 4.39. The molecule has 1 aliphatic rings. The number of halogens is 2. The lowest BCUT2D eigenvalue weighted by molar-refractivity contribution is -0.124. The van der Waals surface area contributed by atoms with E-state index in [1.807, 2.05) is 24.3 Å². The van der Waals surface area contributed by atoms with Gasteiger partial charge in [0.15, 0.2) is 11.6 Å². The minimum Gasteiger partial charge on any atom is -0.348 e. The number of rotatable bonds is 3. The second-order valence-electron chi connectivity index (χ2n) is 5.81. The van der Waals surface area contributed by atoms with Gasteiger partial charge in [-0.2, -0.15) is 0 Å². The average Bonchev–Trinajstić information content (AvgIpc) is 2.56. The van der Waals surface area contributed by atoms with Crippen molar-refractivity contribution in [1.29, 1.82) is 0 Å². The zero-order valence-corrected chi connectivity index (χ0v) is 12.8. The van der Waals surface area contributed by atoms with Crippen LogP contribution in [0.5, 0.6) is 0 Å². The first-order valence-electron chi connectivity index (χ1n) is 7.60. The molecule has 0 aromatic heterocycles. The SMILES string of the molecule is CC(NC(=O)C1Cc2ccccc2CN1)c1ccc(F)c(F)c1. The lowest BCUT2D eigenvalue weighted by atomic mass is 9.95. The predicted molar refractivity (Wildman–Crippen MR) is 83.7 cm³/mol. The van der Waals surface area contributed by atoms with Gasteiger partial charge in [0.05, 0.1) is 12.1 Å². The molecule has 2 aromatic rings. The highest BCUT2D eigenvalue weighted by atomic mass is 19.2. The van der Waals surface area contributed by atoms with Gasteiger partial charge in [-0.3, -0.25) is 4.79 Å². The van der Waals surface area contributed by atoms with Gasteiger partial charge >= 0.3 is 0 Å². The lowest BCUT2D eigenvalue weighted by Gasteiger charge is -2.26. The van der Waals surface area contributed by atoms with Crippen LogP contribution in [0.4, 0.5) is 8.78 Å². The fraction of sp³-hybridized carbons (Fsp3) is 0.278. The minimum absolute atomic E-state index is 0.142. The smallest absolute Gasteiger partial charge is 0.237 e. The Morgan fingerprint density at radius 3 is 2.65 bits per heavy atom. The summed E-state index contributed by atoms with van der Waals surface area (Å²) in [6, 6.07) is 11.0. The molecular formula is C18H18F2N2O. The summed E-state index contributed by atoms with van der Waals surface area (Å²) in [6.07, 6.45) is 0.618. The molecule has 0 bridgehead atoms. The molecule has 2 N–H and O–H groups in total. The van der Waals surface area contributed by atoms with Gasteiger partial charge < -0.3 is 10.6 Å². The van der Waals surface area contributed by atoms with Crippen LogP contribution in [0, 0.1) is 11.6 Å². The highest BCUT2D eigenvalue weighted by Gasteiger charge is 2.25. The number of carbonyl (C=O) groups excluding carboxylic acids is 1. The van der Waals surface area contributed by atoms with Gasteiger partial charge in [-0.15, -0.1) is 0 Å². The summed E-state index contributed by atoms with van der Waals surface area (Å²) in [5.41, 5.74) is 2.89. The fourth-order valence-electron chi connectivity index (χ4n) is 2.82. The Bertz CT molecular complexity index is 733. The van der Waals surface area contributed by atoms with Crippen molar-refractivity contribution in [2.45, 2.75) is 32.0 Å². The first-order chi connectivity index (χ1) is 11.0. The molecule has 0 saturated carbocycles. The van der Waals surface area contributed by atoms with Crippen molar-refractivity contribution in [3.8, 4) is 0 Å². The molecule has 1 aliphatic heterocycles. The Hall–Kier alpha value is -2.27. The Morgan fingerprint density at radius 1 is 1.17 bits per heavy atom. The Morgan fingerprint density at radius 2 is 1.91 bits per heavy atom. The molecule has 23 heavy (non-hydrogen) atoms. The van der Waals surface area contributed by atoms with Crippen molar-refractivity contribution in [3.05, 3.63) is 70.8 Å². The van der Waals surface area contributed by atoms with E-state index < -0.39 is 17.7 Å². The van der Waals surface area contributed by atoms with Crippen LogP contribution in [0.15, 0.2) is 42.5 Å². The maximum atomic E-state index is 13.3. The molecule has 0 spiro atoms. The van der Waals surface area contributed by atoms with Crippen LogP contribution >= 0.6 is 0 Å². The number of nitrogens with one attached hydrogen (secondary N) is 2. The number of carbonyl (C=O) groups is 1. The third-order valence-corrected chi connectivity index (χ3v) is 4.20. The minimum atomic E-state index is -0.909. The Balaban J connectivity index is 1.66. The number of fused-ring (bicyclic) bond motifs is 1. The van der Waals surface area contributed by atoms with Crippen molar-refractivity contribution in [1.82, 2.24) is 10.6 Å². The molecule has 3 rings (SSSR count). The van der Waals surface area contributed by atoms with Crippen LogP contribution in [-0.4, -0.2) is 11.9 Å². The molecule has 2 atom stereocenters. The normalized spacial score (nSPS) is 18.1. The van der Waals surface area contributed by atoms with E-state index in [2.05, 4.69) is 10.6 Å². The van der Waals surface area contributed by atoms with Gasteiger partial charge in [0.1, 0.15) is 0 Å². The van der Waals surface area contributed by atoms with E-state index >= 15 is 0 Å². The molecule has 2 unspecified atom stereocenters. The number of hydrogen-bond donors (Lipinski definition) is 2. The van der Waals surface area contributed by atoms with E-state index in [0.717, 1.165) is 17.7 Å². The maximum Gasteiger partial charge on any atom is 0.237 e. The molecule has 5 heteroatoms. The first kappa shape index (κ1) is 15.6. The van der Waals surface area contributed by atoms with E-state index in [1.54, 1.807) is 6.92 Å². The zero-order valence-electron chi connectivity index (χ0n) is 12.8. The molecule has 3 nitrogen and oxygen atoms in total. The number of benzene rings is 2. The largest absolute Gasteiger partial charge is 0.348 e. The van der Waals surface area contributed by atoms with Crippen LogP contribution in [0.3, 0.4) is 0 Å². The third-order valence-electron chi connectivity index (χ3n) is 4.20. The second-order valence-corrected chi connectivity index (χ2v) is 5.81. The van der Waals surface area contributed by atoms with Gasteiger partial charge in [-0.05, 0) is 42.2 Å². The van der Waals surface area contributed by atoms with Crippen molar-refractivity contribution in [3.63, 3.8) is 0 Å². The van der Waals surface area contributed by atoms with Gasteiger partial charge in [-0.1, -0.05) is 30.3 Å². The van der Waals surface area contributed by atoms with Crippen LogP contribution < -0.4 is 10.6 Å². The summed E-state index contributed by atoms with van der Waals surface area (Å²) < 4.78 is 26.3. The van der Waals surface area contributed by atoms with Crippen LogP contribution in [0.2, 0.25) is 0 Å². The van der Waals surface area contributed by atoms with Gasteiger partial charge in [-0.25, -0.2) is 8.78 Å². The highest BCUT2D eigenvalue weighted by molar-refractivity contribution is 5.82. The molecule has 0 radical (unpaired) electrons. The van der Waals surface area contributed by atoms with E-state index in [4.69, 9.17) is 0 Å². The van der Waals surface area contributed by atoms with Crippen LogP contribution in [-0.2, 0) is 17.8 Å². The van der Waals surface area contributed by atoms with Gasteiger partial charge in [0.2, 0.25) is 5.91 Å². The summed E-state index contributed by atoms with van der Waals surface area (Å²) in [7, 11) is 0. The van der Waals surface area contributed by atoms with Crippen molar-refractivity contribution < 1.29 is 13.6 Å². The lowest BCUT2D eigenvalue weighted by Crippen LogP contribution is -2.48. The van der Waals surface area contributed by atoms with E-state index in [0.29, 0.717) is 18.5 Å². The molecular weight excluding hydrogens is 298 g/mol. The molecule has 1 amide bonds. The van der Waals surface area contributed by atoms with E-state index in [-0.39, 0.29) is 11.9 Å². The molecule has 0 saturated heterocycles. The summed E-state index contributed by atoms with van der Waals surface area (Å²) >= 11 is 0. The van der Waals surface area contributed by atoms with E-state index in [9.17, 15) is 13.6 Å². The third kappa shape index (κ3) is 3.40. The van der Waals surface area contributed by atoms with Gasteiger partial charge in [0, 0.05) is 6.54 Å². The first-order valence-corrected chi connectivity index (χ1v) is 7.60.